The first-order valence-corrected chi connectivity index (χ1v) is 7.78. The Labute approximate surface area is 143 Å². The highest BCUT2D eigenvalue weighted by atomic mass is 35.5. The molecule has 6 heteroatoms. The van der Waals surface area contributed by atoms with Crippen LogP contribution < -0.4 is 5.32 Å². The largest absolute Gasteiger partial charge is 0.339 e. The molecule has 0 atom stereocenters. The van der Waals surface area contributed by atoms with Crippen LogP contribution in [-0.4, -0.2) is 47.8 Å². The topological polar surface area (TPSA) is 50.2 Å². The van der Waals surface area contributed by atoms with Crippen molar-refractivity contribution in [2.24, 2.45) is 0 Å². The van der Waals surface area contributed by atoms with Gasteiger partial charge in [-0.05, 0) is 38.4 Å². The van der Waals surface area contributed by atoms with Crippen LogP contribution in [0.3, 0.4) is 0 Å². The third kappa shape index (κ3) is 3.41. The molecule has 1 amide bonds. The highest BCUT2D eigenvalue weighted by molar-refractivity contribution is 5.94. The molecule has 0 radical (unpaired) electrons. The van der Waals surface area contributed by atoms with E-state index in [0.717, 1.165) is 37.1 Å². The average Bonchev–Trinajstić information content (AvgIpc) is 3.15. The fourth-order valence-electron chi connectivity index (χ4n) is 2.95. The molecule has 1 aromatic heterocycles. The Morgan fingerprint density at radius 3 is 2.74 bits per heavy atom. The van der Waals surface area contributed by atoms with Crippen molar-refractivity contribution in [2.75, 3.05) is 27.2 Å². The molecule has 1 aliphatic carbocycles. The number of hydrogen-bond acceptors (Lipinski definition) is 3. The molecule has 1 heterocycles. The number of carbonyl (C=O) groups is 1. The Morgan fingerprint density at radius 1 is 1.30 bits per heavy atom. The number of nitrogens with one attached hydrogen (secondary N) is 1. The van der Waals surface area contributed by atoms with E-state index < -0.39 is 0 Å². The van der Waals surface area contributed by atoms with E-state index in [0.29, 0.717) is 12.2 Å². The molecular formula is C17H23ClN4O. The predicted octanol–water partition coefficient (Wildman–Crippen LogP) is 2.07. The summed E-state index contributed by atoms with van der Waals surface area (Å²) in [5.41, 5.74) is 3.97. The predicted molar refractivity (Wildman–Crippen MR) is 93.7 cm³/mol. The van der Waals surface area contributed by atoms with Gasteiger partial charge in [0.2, 0.25) is 0 Å². The molecule has 0 bridgehead atoms. The van der Waals surface area contributed by atoms with Crippen molar-refractivity contribution in [1.29, 1.82) is 0 Å². The zero-order valence-electron chi connectivity index (χ0n) is 13.6. The number of hydrogen-bond donors (Lipinski definition) is 1. The van der Waals surface area contributed by atoms with E-state index in [9.17, 15) is 4.79 Å². The quantitative estimate of drug-likeness (QED) is 0.910. The minimum absolute atomic E-state index is 0. The standard InChI is InChI=1S/C17H22N4O.ClH/c1-18-11-12-20(2)17(22)16-14-9-6-10-15(14)21(19-16)13-7-4-3-5-8-13;/h3-5,7-8,18H,6,9-12H2,1-2H3;1H. The lowest BCUT2D eigenvalue weighted by Gasteiger charge is -2.16. The van der Waals surface area contributed by atoms with Crippen LogP contribution in [0.1, 0.15) is 28.2 Å². The van der Waals surface area contributed by atoms with Gasteiger partial charge in [-0.3, -0.25) is 4.79 Å². The molecule has 0 saturated heterocycles. The molecule has 1 aliphatic rings. The molecule has 1 aromatic carbocycles. The Hall–Kier alpha value is -1.85. The van der Waals surface area contributed by atoms with Gasteiger partial charge in [0, 0.05) is 31.4 Å². The number of benzene rings is 1. The van der Waals surface area contributed by atoms with Crippen molar-refractivity contribution < 1.29 is 4.79 Å². The highest BCUT2D eigenvalue weighted by Crippen LogP contribution is 2.28. The van der Waals surface area contributed by atoms with Gasteiger partial charge in [-0.1, -0.05) is 18.2 Å². The van der Waals surface area contributed by atoms with Crippen molar-refractivity contribution in [3.63, 3.8) is 0 Å². The fourth-order valence-corrected chi connectivity index (χ4v) is 2.95. The second-order valence-electron chi connectivity index (χ2n) is 5.71. The molecule has 0 fully saturated rings. The minimum atomic E-state index is 0. The van der Waals surface area contributed by atoms with E-state index >= 15 is 0 Å². The van der Waals surface area contributed by atoms with Gasteiger partial charge >= 0.3 is 0 Å². The van der Waals surface area contributed by atoms with Crippen LogP contribution >= 0.6 is 12.4 Å². The number of nitrogens with zero attached hydrogens (tertiary/aromatic N) is 3. The molecule has 2 aromatic rings. The summed E-state index contributed by atoms with van der Waals surface area (Å²) in [6.45, 7) is 1.46. The van der Waals surface area contributed by atoms with E-state index in [1.165, 1.54) is 5.69 Å². The number of aromatic nitrogens is 2. The Balaban J connectivity index is 0.00000192. The summed E-state index contributed by atoms with van der Waals surface area (Å²) >= 11 is 0. The SMILES string of the molecule is CNCCN(C)C(=O)c1nn(-c2ccccc2)c2c1CCC2.Cl. The lowest BCUT2D eigenvalue weighted by atomic mass is 10.2. The molecule has 0 aliphatic heterocycles. The third-order valence-electron chi connectivity index (χ3n) is 4.18. The zero-order valence-corrected chi connectivity index (χ0v) is 14.4. The van der Waals surface area contributed by atoms with Crippen molar-refractivity contribution in [3.05, 3.63) is 47.3 Å². The Kier molecular flexibility index (Phi) is 5.80. The van der Waals surface area contributed by atoms with Crippen LogP contribution in [0.5, 0.6) is 0 Å². The summed E-state index contributed by atoms with van der Waals surface area (Å²) in [5, 5.41) is 7.71. The van der Waals surface area contributed by atoms with Gasteiger partial charge < -0.3 is 10.2 Å². The smallest absolute Gasteiger partial charge is 0.274 e. The van der Waals surface area contributed by atoms with Gasteiger partial charge in [-0.15, -0.1) is 12.4 Å². The van der Waals surface area contributed by atoms with E-state index in [1.54, 1.807) is 4.90 Å². The Morgan fingerprint density at radius 2 is 2.04 bits per heavy atom. The van der Waals surface area contributed by atoms with Crippen LogP contribution in [0, 0.1) is 0 Å². The van der Waals surface area contributed by atoms with Crippen LogP contribution in [0.4, 0.5) is 0 Å². The second kappa shape index (κ2) is 7.62. The van der Waals surface area contributed by atoms with Gasteiger partial charge in [0.1, 0.15) is 0 Å². The van der Waals surface area contributed by atoms with Gasteiger partial charge in [0.05, 0.1) is 5.69 Å². The molecule has 0 saturated carbocycles. The van der Waals surface area contributed by atoms with Gasteiger partial charge in [0.25, 0.3) is 5.91 Å². The lowest BCUT2D eigenvalue weighted by Crippen LogP contribution is -2.33. The highest BCUT2D eigenvalue weighted by Gasteiger charge is 2.28. The number of carbonyl (C=O) groups excluding carboxylic acids is 1. The number of likely N-dealkylation sites (N-methyl/N-ethyl adjacent to an activating group) is 2. The van der Waals surface area contributed by atoms with Crippen LogP contribution in [0.25, 0.3) is 5.69 Å². The fraction of sp³-hybridized carbons (Fsp3) is 0.412. The maximum absolute atomic E-state index is 12.7. The van der Waals surface area contributed by atoms with Crippen molar-refractivity contribution in [2.45, 2.75) is 19.3 Å². The molecule has 23 heavy (non-hydrogen) atoms. The summed E-state index contributed by atoms with van der Waals surface area (Å²) in [5.74, 6) is 0.0167. The first-order valence-electron chi connectivity index (χ1n) is 7.78. The number of amides is 1. The average molecular weight is 335 g/mol. The van der Waals surface area contributed by atoms with Crippen molar-refractivity contribution >= 4 is 18.3 Å². The summed E-state index contributed by atoms with van der Waals surface area (Å²) in [6.07, 6.45) is 3.04. The third-order valence-corrected chi connectivity index (χ3v) is 4.18. The number of para-hydroxylation sites is 1. The molecule has 0 unspecified atom stereocenters. The number of rotatable bonds is 5. The van der Waals surface area contributed by atoms with Crippen LogP contribution in [-0.2, 0) is 12.8 Å². The molecule has 5 nitrogen and oxygen atoms in total. The summed E-state index contributed by atoms with van der Waals surface area (Å²) in [7, 11) is 3.72. The van der Waals surface area contributed by atoms with Crippen LogP contribution in [0.15, 0.2) is 30.3 Å². The van der Waals surface area contributed by atoms with Crippen molar-refractivity contribution in [1.82, 2.24) is 20.0 Å². The van der Waals surface area contributed by atoms with Crippen LogP contribution in [0.2, 0.25) is 0 Å². The molecular weight excluding hydrogens is 312 g/mol. The number of fused-ring (bicyclic) bond motifs is 1. The zero-order chi connectivity index (χ0) is 15.5. The van der Waals surface area contributed by atoms with Crippen molar-refractivity contribution in [3.8, 4) is 5.69 Å². The lowest BCUT2D eigenvalue weighted by molar-refractivity contribution is 0.0789. The van der Waals surface area contributed by atoms with Gasteiger partial charge in [0.15, 0.2) is 5.69 Å². The maximum Gasteiger partial charge on any atom is 0.274 e. The van der Waals surface area contributed by atoms with E-state index in [1.807, 2.05) is 49.1 Å². The van der Waals surface area contributed by atoms with E-state index in [4.69, 9.17) is 0 Å². The minimum Gasteiger partial charge on any atom is -0.339 e. The van der Waals surface area contributed by atoms with Gasteiger partial charge in [-0.2, -0.15) is 5.10 Å². The monoisotopic (exact) mass is 334 g/mol. The summed E-state index contributed by atoms with van der Waals surface area (Å²) in [6, 6.07) is 10.1. The summed E-state index contributed by atoms with van der Waals surface area (Å²) in [4.78, 5) is 14.4. The number of halogens is 1. The first kappa shape index (κ1) is 17.5. The van der Waals surface area contributed by atoms with E-state index in [-0.39, 0.29) is 18.3 Å². The van der Waals surface area contributed by atoms with E-state index in [2.05, 4.69) is 10.4 Å². The molecule has 3 rings (SSSR count). The maximum atomic E-state index is 12.7. The molecule has 1 N–H and O–H groups in total. The molecule has 0 spiro atoms. The first-order chi connectivity index (χ1) is 10.7. The Bertz CT molecular complexity index is 669. The summed E-state index contributed by atoms with van der Waals surface area (Å²) < 4.78 is 1.95. The van der Waals surface area contributed by atoms with Gasteiger partial charge in [-0.25, -0.2) is 4.68 Å². The second-order valence-corrected chi connectivity index (χ2v) is 5.71. The normalized spacial score (nSPS) is 12.6. The molecule has 124 valence electrons.